The summed E-state index contributed by atoms with van der Waals surface area (Å²) in [5.41, 5.74) is 1.63. The van der Waals surface area contributed by atoms with Gasteiger partial charge in [0.2, 0.25) is 11.8 Å². The standard InChI is InChI=1S/C31H32N2O6S2/c1-14(2)13-39-20-10-5-15(11-21(20)38-4)22-23-18-12-19(26(23)40-28-27(22)41-31(36)32-28)25-24(18)29(34)33(30(25)35)16-6-8-17(37-3)9-7-16/h5-11,14,18-19,22-26H,12-13H2,1-4H3,(H,32,36)/t18?,19?,22-,23?,24?,25?,26?/m1/s1. The number of fused-ring (bicyclic) bond motifs is 9. The van der Waals surface area contributed by atoms with Crippen LogP contribution in [-0.2, 0) is 9.59 Å². The van der Waals surface area contributed by atoms with E-state index in [0.717, 1.165) is 21.9 Å². The van der Waals surface area contributed by atoms with Crippen molar-refractivity contribution in [2.45, 2.75) is 36.5 Å². The van der Waals surface area contributed by atoms with E-state index in [1.807, 2.05) is 12.1 Å². The number of thiazole rings is 1. The third-order valence-corrected chi connectivity index (χ3v) is 11.8. The van der Waals surface area contributed by atoms with E-state index in [-0.39, 0.29) is 57.4 Å². The fourth-order valence-corrected chi connectivity index (χ4v) is 10.5. The molecule has 2 aliphatic carbocycles. The molecule has 2 bridgehead atoms. The number of carbonyl (C=O) groups excluding carboxylic acids is 2. The van der Waals surface area contributed by atoms with Gasteiger partial charge in [-0.15, -0.1) is 11.8 Å². The molecule has 1 saturated heterocycles. The van der Waals surface area contributed by atoms with Crippen LogP contribution in [0.25, 0.3) is 0 Å². The second-order valence-electron chi connectivity index (χ2n) is 11.8. The van der Waals surface area contributed by atoms with Crippen LogP contribution in [-0.4, -0.2) is 42.9 Å². The van der Waals surface area contributed by atoms with Crippen LogP contribution in [0.5, 0.6) is 17.2 Å². The molecule has 1 aromatic heterocycles. The molecule has 0 radical (unpaired) electrons. The van der Waals surface area contributed by atoms with E-state index in [2.05, 4.69) is 24.9 Å². The predicted molar refractivity (Wildman–Crippen MR) is 157 cm³/mol. The van der Waals surface area contributed by atoms with Crippen LogP contribution in [0.2, 0.25) is 0 Å². The minimum absolute atomic E-state index is 0.0420. The summed E-state index contributed by atoms with van der Waals surface area (Å²) >= 11 is 2.94. The molecular formula is C31H32N2O6S2. The fraction of sp³-hybridized carbons (Fsp3) is 0.452. The first-order valence-electron chi connectivity index (χ1n) is 14.0. The van der Waals surface area contributed by atoms with Gasteiger partial charge >= 0.3 is 4.87 Å². The van der Waals surface area contributed by atoms with Gasteiger partial charge in [0.1, 0.15) is 5.75 Å². The Kier molecular flexibility index (Phi) is 6.46. The van der Waals surface area contributed by atoms with Gasteiger partial charge in [0.05, 0.1) is 43.4 Å². The zero-order chi connectivity index (χ0) is 28.6. The molecule has 3 aromatic rings. The maximum Gasteiger partial charge on any atom is 0.305 e. The molecule has 3 fully saturated rings. The summed E-state index contributed by atoms with van der Waals surface area (Å²) in [6, 6.07) is 13.2. The lowest BCUT2D eigenvalue weighted by molar-refractivity contribution is -0.123. The molecule has 2 aromatic carbocycles. The van der Waals surface area contributed by atoms with Crippen LogP contribution >= 0.6 is 23.1 Å². The van der Waals surface area contributed by atoms with Crippen molar-refractivity contribution in [1.29, 1.82) is 0 Å². The number of benzene rings is 2. The lowest BCUT2D eigenvalue weighted by Gasteiger charge is -2.43. The van der Waals surface area contributed by atoms with Gasteiger partial charge in [0.25, 0.3) is 0 Å². The Morgan fingerprint density at radius 2 is 1.68 bits per heavy atom. The quantitative estimate of drug-likeness (QED) is 0.378. The van der Waals surface area contributed by atoms with Crippen LogP contribution in [0.1, 0.15) is 36.6 Å². The second-order valence-corrected chi connectivity index (χ2v) is 14.0. The number of amides is 2. The van der Waals surface area contributed by atoms with Gasteiger partial charge in [-0.05, 0) is 72.1 Å². The van der Waals surface area contributed by atoms with E-state index in [0.29, 0.717) is 35.5 Å². The number of aromatic amines is 1. The molecule has 214 valence electrons. The van der Waals surface area contributed by atoms with Crippen molar-refractivity contribution in [3.05, 3.63) is 62.6 Å². The van der Waals surface area contributed by atoms with Gasteiger partial charge in [-0.1, -0.05) is 31.3 Å². The average molecular weight is 593 g/mol. The van der Waals surface area contributed by atoms with E-state index < -0.39 is 0 Å². The third kappa shape index (κ3) is 4.05. The predicted octanol–water partition coefficient (Wildman–Crippen LogP) is 5.17. The van der Waals surface area contributed by atoms with Crippen molar-refractivity contribution in [1.82, 2.24) is 4.98 Å². The largest absolute Gasteiger partial charge is 0.497 e. The Hall–Kier alpha value is -3.24. The monoisotopic (exact) mass is 592 g/mol. The highest BCUT2D eigenvalue weighted by Crippen LogP contribution is 2.68. The van der Waals surface area contributed by atoms with Gasteiger partial charge in [0.15, 0.2) is 11.5 Å². The Morgan fingerprint density at radius 3 is 2.37 bits per heavy atom. The molecule has 8 nitrogen and oxygen atoms in total. The lowest BCUT2D eigenvalue weighted by Crippen LogP contribution is -2.42. The Morgan fingerprint density at radius 1 is 0.951 bits per heavy atom. The average Bonchev–Trinajstić information content (AvgIpc) is 3.70. The number of rotatable bonds is 7. The SMILES string of the molecule is COc1ccc(N2C(=O)C3C4CC(C3C2=O)C2C4Sc3[nH]c(=O)sc3[C@@H]2c2ccc(OCC(C)C)c(OC)c2)cc1. The number of hydrogen-bond donors (Lipinski definition) is 1. The topological polar surface area (TPSA) is 97.9 Å². The summed E-state index contributed by atoms with van der Waals surface area (Å²) in [6.45, 7) is 4.78. The van der Waals surface area contributed by atoms with Crippen molar-refractivity contribution >= 4 is 40.6 Å². The van der Waals surface area contributed by atoms with E-state index in [9.17, 15) is 14.4 Å². The maximum atomic E-state index is 14.0. The summed E-state index contributed by atoms with van der Waals surface area (Å²) < 4.78 is 17.0. The van der Waals surface area contributed by atoms with Crippen molar-refractivity contribution in [3.8, 4) is 17.2 Å². The van der Waals surface area contributed by atoms with E-state index in [4.69, 9.17) is 14.2 Å². The number of hydrogen-bond acceptors (Lipinski definition) is 8. The molecule has 4 aliphatic rings. The van der Waals surface area contributed by atoms with Crippen LogP contribution in [0.3, 0.4) is 0 Å². The zero-order valence-electron chi connectivity index (χ0n) is 23.3. The summed E-state index contributed by atoms with van der Waals surface area (Å²) in [6.07, 6.45) is 0.841. The molecule has 10 heteroatoms. The molecule has 7 atom stereocenters. The number of anilines is 1. The smallest absolute Gasteiger partial charge is 0.305 e. The number of aromatic nitrogens is 1. The Balaban J connectivity index is 1.27. The summed E-state index contributed by atoms with van der Waals surface area (Å²) in [4.78, 5) is 45.8. The number of nitrogens with one attached hydrogen (secondary N) is 1. The highest BCUT2D eigenvalue weighted by Gasteiger charge is 2.69. The second kappa shape index (κ2) is 9.94. The highest BCUT2D eigenvalue weighted by molar-refractivity contribution is 8.00. The number of ether oxygens (including phenoxy) is 3. The van der Waals surface area contributed by atoms with Crippen LogP contribution < -0.4 is 24.0 Å². The van der Waals surface area contributed by atoms with Gasteiger partial charge in [-0.2, -0.15) is 0 Å². The summed E-state index contributed by atoms with van der Waals surface area (Å²) in [5, 5.41) is 1.01. The van der Waals surface area contributed by atoms with Crippen LogP contribution in [0.4, 0.5) is 5.69 Å². The minimum atomic E-state index is -0.355. The highest BCUT2D eigenvalue weighted by atomic mass is 32.2. The van der Waals surface area contributed by atoms with Crippen LogP contribution in [0, 0.1) is 35.5 Å². The number of methoxy groups -OCH3 is 2. The molecule has 2 amide bonds. The number of imide groups is 1. The van der Waals surface area contributed by atoms with Crippen molar-refractivity contribution in [3.63, 3.8) is 0 Å². The Labute approximate surface area is 246 Å². The molecule has 1 N–H and O–H groups in total. The molecule has 3 heterocycles. The molecular weight excluding hydrogens is 560 g/mol. The molecule has 2 aliphatic heterocycles. The van der Waals surface area contributed by atoms with E-state index in [1.165, 1.54) is 16.2 Å². The molecule has 41 heavy (non-hydrogen) atoms. The van der Waals surface area contributed by atoms with Crippen molar-refractivity contribution in [2.24, 2.45) is 35.5 Å². The first kappa shape index (κ1) is 26.6. The normalized spacial score (nSPS) is 29.5. The first-order chi connectivity index (χ1) is 19.8. The third-order valence-electron chi connectivity index (χ3n) is 9.17. The number of nitrogens with zero attached hydrogens (tertiary/aromatic N) is 1. The summed E-state index contributed by atoms with van der Waals surface area (Å²) in [7, 11) is 3.23. The van der Waals surface area contributed by atoms with Crippen molar-refractivity contribution < 1.29 is 23.8 Å². The molecule has 2 saturated carbocycles. The number of H-pyrrole nitrogens is 1. The minimum Gasteiger partial charge on any atom is -0.497 e. The first-order valence-corrected chi connectivity index (χ1v) is 15.7. The number of carbonyl (C=O) groups is 2. The van der Waals surface area contributed by atoms with E-state index >= 15 is 0 Å². The lowest BCUT2D eigenvalue weighted by atomic mass is 9.68. The zero-order valence-corrected chi connectivity index (χ0v) is 24.9. The molecule has 0 spiro atoms. The number of thioether (sulfide) groups is 1. The van der Waals surface area contributed by atoms with Crippen molar-refractivity contribution in [2.75, 3.05) is 25.7 Å². The van der Waals surface area contributed by atoms with Gasteiger partial charge in [-0.3, -0.25) is 19.3 Å². The van der Waals surface area contributed by atoms with Gasteiger partial charge in [0, 0.05) is 16.0 Å². The fourth-order valence-electron chi connectivity index (χ4n) is 7.63. The van der Waals surface area contributed by atoms with E-state index in [1.54, 1.807) is 50.2 Å². The molecule has 6 unspecified atom stereocenters. The Bertz CT molecular complexity index is 1580. The van der Waals surface area contributed by atoms with Gasteiger partial charge < -0.3 is 19.2 Å². The van der Waals surface area contributed by atoms with Gasteiger partial charge in [-0.25, -0.2) is 0 Å². The maximum absolute atomic E-state index is 14.0. The molecule has 7 rings (SSSR count). The summed E-state index contributed by atoms with van der Waals surface area (Å²) in [5.74, 6) is 1.63. The van der Waals surface area contributed by atoms with Crippen LogP contribution in [0.15, 0.2) is 52.3 Å².